The molecule has 7 nitrogen and oxygen atoms in total. The van der Waals surface area contributed by atoms with Crippen molar-refractivity contribution in [1.82, 2.24) is 25.0 Å². The lowest BCUT2D eigenvalue weighted by Crippen LogP contribution is -2.49. The Balaban J connectivity index is 1.02. The molecule has 1 amide bonds. The summed E-state index contributed by atoms with van der Waals surface area (Å²) < 4.78 is 6.93. The highest BCUT2D eigenvalue weighted by Gasteiger charge is 2.21. The van der Waals surface area contributed by atoms with Gasteiger partial charge in [-0.3, -0.25) is 9.69 Å². The molecule has 4 aromatic rings. The van der Waals surface area contributed by atoms with Crippen LogP contribution in [0.1, 0.15) is 16.5 Å². The second kappa shape index (κ2) is 11.6. The maximum absolute atomic E-state index is 12.7. The zero-order chi connectivity index (χ0) is 23.9. The highest BCUT2D eigenvalue weighted by molar-refractivity contribution is 7.99. The molecule has 5 rings (SSSR count). The van der Waals surface area contributed by atoms with Crippen molar-refractivity contribution in [1.29, 1.82) is 0 Å². The van der Waals surface area contributed by atoms with Crippen LogP contribution in [0.25, 0.3) is 16.3 Å². The number of hydrogen-bond donors (Lipinski definition) is 0. The van der Waals surface area contributed by atoms with Gasteiger partial charge in [-0.25, -0.2) is 4.98 Å². The van der Waals surface area contributed by atoms with Gasteiger partial charge in [-0.15, -0.1) is 21.5 Å². The molecule has 0 atom stereocenters. The van der Waals surface area contributed by atoms with Gasteiger partial charge in [-0.1, -0.05) is 66.4 Å². The van der Waals surface area contributed by atoms with Crippen molar-refractivity contribution >= 4 is 45.3 Å². The Morgan fingerprint density at radius 2 is 1.80 bits per heavy atom. The standard InChI is InChI=1S/C26H27N5O2S2/c32-25(31-17-15-30(16-18-31)14-6-9-20-7-2-1-3-8-20)19-34-26-29-28-23(33-26)12-13-24-27-21-10-4-5-11-22(21)35-24/h1-11H,12-19H2/b9-6+. The van der Waals surface area contributed by atoms with Crippen LogP contribution in [0, 0.1) is 0 Å². The normalized spacial score (nSPS) is 14.8. The molecule has 2 aromatic carbocycles. The number of carbonyl (C=O) groups excluding carboxylic acids is 1. The van der Waals surface area contributed by atoms with E-state index >= 15 is 0 Å². The molecule has 1 fully saturated rings. The van der Waals surface area contributed by atoms with E-state index in [1.54, 1.807) is 11.3 Å². The summed E-state index contributed by atoms with van der Waals surface area (Å²) in [7, 11) is 0. The van der Waals surface area contributed by atoms with Gasteiger partial charge in [0.15, 0.2) is 0 Å². The number of amides is 1. The van der Waals surface area contributed by atoms with Crippen LogP contribution in [0.4, 0.5) is 0 Å². The Bertz CT molecular complexity index is 1250. The summed E-state index contributed by atoms with van der Waals surface area (Å²) in [5.74, 6) is 1.01. The van der Waals surface area contributed by atoms with Crippen molar-refractivity contribution in [2.24, 2.45) is 0 Å². The fraction of sp³-hybridized carbons (Fsp3) is 0.308. The molecule has 1 aliphatic rings. The topological polar surface area (TPSA) is 75.4 Å². The molecular weight excluding hydrogens is 478 g/mol. The third kappa shape index (κ3) is 6.56. The highest BCUT2D eigenvalue weighted by atomic mass is 32.2. The van der Waals surface area contributed by atoms with Crippen LogP contribution in [0.15, 0.2) is 70.3 Å². The van der Waals surface area contributed by atoms with E-state index in [-0.39, 0.29) is 5.91 Å². The number of benzene rings is 2. The Labute approximate surface area is 212 Å². The van der Waals surface area contributed by atoms with E-state index < -0.39 is 0 Å². The second-order valence-electron chi connectivity index (χ2n) is 8.32. The van der Waals surface area contributed by atoms with E-state index in [1.165, 1.54) is 22.0 Å². The first-order valence-electron chi connectivity index (χ1n) is 11.7. The maximum Gasteiger partial charge on any atom is 0.277 e. The van der Waals surface area contributed by atoms with E-state index in [2.05, 4.69) is 50.4 Å². The molecular formula is C26H27N5O2S2. The number of hydrogen-bond acceptors (Lipinski definition) is 8. The lowest BCUT2D eigenvalue weighted by atomic mass is 10.2. The minimum atomic E-state index is 0.115. The average Bonchev–Trinajstić information content (AvgIpc) is 3.53. The van der Waals surface area contributed by atoms with Gasteiger partial charge in [-0.2, -0.15) is 0 Å². The summed E-state index contributed by atoms with van der Waals surface area (Å²) in [6.45, 7) is 4.15. The molecule has 1 aliphatic heterocycles. The minimum Gasteiger partial charge on any atom is -0.416 e. The van der Waals surface area contributed by atoms with Crippen LogP contribution in [-0.4, -0.2) is 69.4 Å². The van der Waals surface area contributed by atoms with Crippen molar-refractivity contribution in [3.05, 3.63) is 77.1 Å². The van der Waals surface area contributed by atoms with Gasteiger partial charge in [-0.05, 0) is 17.7 Å². The van der Waals surface area contributed by atoms with E-state index in [9.17, 15) is 4.79 Å². The smallest absolute Gasteiger partial charge is 0.277 e. The number of carbonyl (C=O) groups is 1. The monoisotopic (exact) mass is 505 g/mol. The van der Waals surface area contributed by atoms with Crippen LogP contribution < -0.4 is 0 Å². The summed E-state index contributed by atoms with van der Waals surface area (Å²) in [5, 5.41) is 9.74. The van der Waals surface area contributed by atoms with Gasteiger partial charge in [0.25, 0.3) is 5.22 Å². The van der Waals surface area contributed by atoms with Gasteiger partial charge < -0.3 is 9.32 Å². The Morgan fingerprint density at radius 3 is 2.63 bits per heavy atom. The van der Waals surface area contributed by atoms with Gasteiger partial charge in [0.05, 0.1) is 21.0 Å². The average molecular weight is 506 g/mol. The zero-order valence-corrected chi connectivity index (χ0v) is 21.0. The summed E-state index contributed by atoms with van der Waals surface area (Å²) in [6, 6.07) is 18.4. The Kier molecular flexibility index (Phi) is 7.87. The number of fused-ring (bicyclic) bond motifs is 1. The number of aryl methyl sites for hydroxylation is 2. The van der Waals surface area contributed by atoms with Gasteiger partial charge in [0, 0.05) is 45.6 Å². The summed E-state index contributed by atoms with van der Waals surface area (Å²) in [6.07, 6.45) is 5.73. The fourth-order valence-corrected chi connectivity index (χ4v) is 5.58. The predicted octanol–water partition coefficient (Wildman–Crippen LogP) is 4.41. The SMILES string of the molecule is O=C(CSc1nnc(CCc2nc3ccccc3s2)o1)N1CCN(C/C=C/c2ccccc2)CC1. The number of nitrogens with zero attached hydrogens (tertiary/aromatic N) is 5. The molecule has 3 heterocycles. The number of rotatable bonds is 9. The van der Waals surface area contributed by atoms with Crippen LogP contribution in [0.2, 0.25) is 0 Å². The Morgan fingerprint density at radius 1 is 1.00 bits per heavy atom. The van der Waals surface area contributed by atoms with Crippen molar-refractivity contribution in [3.63, 3.8) is 0 Å². The lowest BCUT2D eigenvalue weighted by Gasteiger charge is -2.34. The number of piperazine rings is 1. The summed E-state index contributed by atoms with van der Waals surface area (Å²) in [4.78, 5) is 21.6. The molecule has 0 aliphatic carbocycles. The lowest BCUT2D eigenvalue weighted by molar-refractivity contribution is -0.130. The van der Waals surface area contributed by atoms with Gasteiger partial charge in [0.1, 0.15) is 0 Å². The van der Waals surface area contributed by atoms with Crippen LogP contribution >= 0.6 is 23.1 Å². The maximum atomic E-state index is 12.7. The second-order valence-corrected chi connectivity index (χ2v) is 10.4. The zero-order valence-electron chi connectivity index (χ0n) is 19.4. The first-order chi connectivity index (χ1) is 17.2. The molecule has 2 aromatic heterocycles. The quantitative estimate of drug-likeness (QED) is 0.312. The summed E-state index contributed by atoms with van der Waals surface area (Å²) in [5.41, 5.74) is 2.23. The number of thioether (sulfide) groups is 1. The summed E-state index contributed by atoms with van der Waals surface area (Å²) >= 11 is 3.00. The molecule has 1 saturated heterocycles. The third-order valence-electron chi connectivity index (χ3n) is 5.86. The number of para-hydroxylation sites is 1. The molecule has 0 N–H and O–H groups in total. The molecule has 35 heavy (non-hydrogen) atoms. The first-order valence-corrected chi connectivity index (χ1v) is 13.5. The van der Waals surface area contributed by atoms with Crippen molar-refractivity contribution in [3.8, 4) is 0 Å². The fourth-order valence-electron chi connectivity index (χ4n) is 3.93. The number of thiazole rings is 1. The number of aromatic nitrogens is 3. The molecule has 9 heteroatoms. The van der Waals surface area contributed by atoms with E-state index in [0.717, 1.165) is 49.7 Å². The Hall–Kier alpha value is -3.01. The van der Waals surface area contributed by atoms with Gasteiger partial charge >= 0.3 is 0 Å². The highest BCUT2D eigenvalue weighted by Crippen LogP contribution is 2.23. The van der Waals surface area contributed by atoms with Crippen molar-refractivity contribution in [2.45, 2.75) is 18.1 Å². The molecule has 0 saturated carbocycles. The van der Waals surface area contributed by atoms with E-state index in [4.69, 9.17) is 4.42 Å². The van der Waals surface area contributed by atoms with Crippen LogP contribution in [0.5, 0.6) is 0 Å². The molecule has 0 unspecified atom stereocenters. The molecule has 0 bridgehead atoms. The first kappa shape index (κ1) is 23.7. The largest absolute Gasteiger partial charge is 0.416 e. The van der Waals surface area contributed by atoms with Crippen LogP contribution in [0.3, 0.4) is 0 Å². The molecule has 0 radical (unpaired) electrons. The van der Waals surface area contributed by atoms with E-state index in [1.807, 2.05) is 41.3 Å². The van der Waals surface area contributed by atoms with E-state index in [0.29, 0.717) is 23.3 Å². The van der Waals surface area contributed by atoms with Gasteiger partial charge in [0.2, 0.25) is 11.8 Å². The minimum absolute atomic E-state index is 0.115. The predicted molar refractivity (Wildman–Crippen MR) is 141 cm³/mol. The van der Waals surface area contributed by atoms with Crippen molar-refractivity contribution < 1.29 is 9.21 Å². The molecule has 180 valence electrons. The third-order valence-corrected chi connectivity index (χ3v) is 7.76. The van der Waals surface area contributed by atoms with Crippen molar-refractivity contribution in [2.75, 3.05) is 38.5 Å². The molecule has 0 spiro atoms. The van der Waals surface area contributed by atoms with Crippen LogP contribution in [-0.2, 0) is 17.6 Å².